The fourth-order valence-electron chi connectivity index (χ4n) is 4.08. The van der Waals surface area contributed by atoms with Crippen LogP contribution in [0.3, 0.4) is 0 Å². The minimum Gasteiger partial charge on any atom is -0.497 e. The van der Waals surface area contributed by atoms with E-state index in [0.29, 0.717) is 12.4 Å². The van der Waals surface area contributed by atoms with Gasteiger partial charge in [-0.15, -0.1) is 16.4 Å². The minimum atomic E-state index is 0.475. The first-order valence-electron chi connectivity index (χ1n) is 10.9. The van der Waals surface area contributed by atoms with E-state index in [0.717, 1.165) is 54.4 Å². The molecule has 0 spiro atoms. The molecule has 0 unspecified atom stereocenters. The first-order valence-corrected chi connectivity index (χ1v) is 11.7. The van der Waals surface area contributed by atoms with E-state index in [1.807, 2.05) is 55.5 Å². The van der Waals surface area contributed by atoms with Crippen LogP contribution in [0.25, 0.3) is 37.5 Å². The van der Waals surface area contributed by atoms with Crippen LogP contribution in [0, 0.1) is 13.8 Å². The Labute approximate surface area is 199 Å². The van der Waals surface area contributed by atoms with Crippen LogP contribution in [0.4, 0.5) is 0 Å². The number of ether oxygens (including phenoxy) is 2. The molecule has 34 heavy (non-hydrogen) atoms. The number of rotatable bonds is 5. The summed E-state index contributed by atoms with van der Waals surface area (Å²) in [6.07, 6.45) is 1.73. The van der Waals surface area contributed by atoms with E-state index in [9.17, 15) is 0 Å². The fourth-order valence-corrected chi connectivity index (χ4v) is 5.30. The molecule has 0 N–H and O–H groups in total. The van der Waals surface area contributed by atoms with Gasteiger partial charge in [-0.05, 0) is 55.3 Å². The lowest BCUT2D eigenvalue weighted by Gasteiger charge is -2.07. The summed E-state index contributed by atoms with van der Waals surface area (Å²) >= 11 is 1.62. The zero-order valence-corrected chi connectivity index (χ0v) is 19.8. The molecule has 0 atom stereocenters. The van der Waals surface area contributed by atoms with Crippen molar-refractivity contribution in [2.24, 2.45) is 0 Å². The number of fused-ring (bicyclic) bond motifs is 5. The Morgan fingerprint density at radius 2 is 1.71 bits per heavy atom. The summed E-state index contributed by atoms with van der Waals surface area (Å²) < 4.78 is 13.8. The Kier molecular flexibility index (Phi) is 4.88. The van der Waals surface area contributed by atoms with Gasteiger partial charge in [0.1, 0.15) is 34.0 Å². The van der Waals surface area contributed by atoms with E-state index in [4.69, 9.17) is 19.4 Å². The first kappa shape index (κ1) is 20.6. The van der Waals surface area contributed by atoms with Gasteiger partial charge in [0.05, 0.1) is 12.6 Å². The number of thiophene rings is 1. The molecule has 2 aromatic carbocycles. The van der Waals surface area contributed by atoms with Gasteiger partial charge in [0.2, 0.25) is 0 Å². The predicted molar refractivity (Wildman–Crippen MR) is 134 cm³/mol. The lowest BCUT2D eigenvalue weighted by Crippen LogP contribution is -1.95. The van der Waals surface area contributed by atoms with Crippen LogP contribution in [0.5, 0.6) is 11.5 Å². The van der Waals surface area contributed by atoms with E-state index in [-0.39, 0.29) is 0 Å². The third-order valence-electron chi connectivity index (χ3n) is 5.77. The zero-order valence-electron chi connectivity index (χ0n) is 18.9. The van der Waals surface area contributed by atoms with Crippen molar-refractivity contribution in [1.29, 1.82) is 0 Å². The molecule has 0 aliphatic carbocycles. The van der Waals surface area contributed by atoms with E-state index < -0.39 is 0 Å². The minimum absolute atomic E-state index is 0.475. The lowest BCUT2D eigenvalue weighted by atomic mass is 10.1. The number of aryl methyl sites for hydroxylation is 2. The van der Waals surface area contributed by atoms with Crippen LogP contribution in [-0.4, -0.2) is 31.7 Å². The number of nitrogens with zero attached hydrogens (tertiary/aromatic N) is 5. The number of aromatic nitrogens is 5. The van der Waals surface area contributed by atoms with E-state index in [1.165, 1.54) is 5.56 Å². The van der Waals surface area contributed by atoms with Gasteiger partial charge in [0, 0.05) is 16.6 Å². The molecule has 8 heteroatoms. The topological polar surface area (TPSA) is 74.4 Å². The lowest BCUT2D eigenvalue weighted by molar-refractivity contribution is 0.305. The third-order valence-corrected chi connectivity index (χ3v) is 6.84. The van der Waals surface area contributed by atoms with Crippen LogP contribution < -0.4 is 9.47 Å². The molecule has 0 saturated carbocycles. The molecule has 0 fully saturated rings. The average molecular weight is 468 g/mol. The van der Waals surface area contributed by atoms with E-state index >= 15 is 0 Å². The van der Waals surface area contributed by atoms with Gasteiger partial charge in [0.25, 0.3) is 0 Å². The Bertz CT molecular complexity index is 1650. The largest absolute Gasteiger partial charge is 0.497 e. The maximum Gasteiger partial charge on any atom is 0.182 e. The molecule has 0 radical (unpaired) electrons. The van der Waals surface area contributed by atoms with Gasteiger partial charge in [-0.25, -0.2) is 19.5 Å². The third kappa shape index (κ3) is 3.52. The molecule has 0 aliphatic heterocycles. The summed E-state index contributed by atoms with van der Waals surface area (Å²) in [7, 11) is 1.65. The van der Waals surface area contributed by atoms with Gasteiger partial charge in [0.15, 0.2) is 11.5 Å². The van der Waals surface area contributed by atoms with Crippen molar-refractivity contribution >= 4 is 37.4 Å². The highest BCUT2D eigenvalue weighted by Crippen LogP contribution is 2.36. The standard InChI is InChI=1S/C26H21N5O2S/c1-15-12-16(2)28-26-21(15)22-23(34-26)25-29-24(30-31(25)14-27-22)18-6-4-17(5-7-18)13-33-20-10-8-19(32-3)9-11-20/h4-12,14H,13H2,1-3H3. The van der Waals surface area contributed by atoms with Gasteiger partial charge >= 0.3 is 0 Å². The number of hydrogen-bond acceptors (Lipinski definition) is 7. The van der Waals surface area contributed by atoms with Gasteiger partial charge < -0.3 is 9.47 Å². The van der Waals surface area contributed by atoms with Crippen molar-refractivity contribution in [3.05, 3.63) is 77.7 Å². The van der Waals surface area contributed by atoms with Crippen LogP contribution in [-0.2, 0) is 6.61 Å². The number of methoxy groups -OCH3 is 1. The van der Waals surface area contributed by atoms with Crippen LogP contribution in [0.1, 0.15) is 16.8 Å². The Balaban J connectivity index is 1.29. The highest BCUT2D eigenvalue weighted by Gasteiger charge is 2.16. The number of hydrogen-bond donors (Lipinski definition) is 0. The molecular formula is C26H21N5O2S. The first-order chi connectivity index (χ1) is 16.6. The fraction of sp³-hybridized carbons (Fsp3) is 0.154. The van der Waals surface area contributed by atoms with Crippen LogP contribution >= 0.6 is 11.3 Å². The maximum absolute atomic E-state index is 5.88. The molecule has 0 bridgehead atoms. The highest BCUT2D eigenvalue weighted by atomic mass is 32.1. The second-order valence-electron chi connectivity index (χ2n) is 8.15. The van der Waals surface area contributed by atoms with Crippen LogP contribution in [0.2, 0.25) is 0 Å². The van der Waals surface area contributed by atoms with Gasteiger partial charge in [-0.3, -0.25) is 0 Å². The molecule has 6 aromatic rings. The van der Waals surface area contributed by atoms with E-state index in [1.54, 1.807) is 29.3 Å². The summed E-state index contributed by atoms with van der Waals surface area (Å²) in [5, 5.41) is 5.77. The summed E-state index contributed by atoms with van der Waals surface area (Å²) in [6.45, 7) is 4.59. The molecular weight excluding hydrogens is 446 g/mol. The van der Waals surface area contributed by atoms with Gasteiger partial charge in [-0.1, -0.05) is 24.3 Å². The molecule has 0 amide bonds. The second kappa shape index (κ2) is 8.07. The smallest absolute Gasteiger partial charge is 0.182 e. The predicted octanol–water partition coefficient (Wildman–Crippen LogP) is 5.76. The summed E-state index contributed by atoms with van der Waals surface area (Å²) in [5.41, 5.74) is 5.92. The second-order valence-corrected chi connectivity index (χ2v) is 9.15. The van der Waals surface area contributed by atoms with Crippen molar-refractivity contribution in [2.45, 2.75) is 20.5 Å². The molecule has 0 aliphatic rings. The number of benzene rings is 2. The van der Waals surface area contributed by atoms with Crippen LogP contribution in [0.15, 0.2) is 60.9 Å². The van der Waals surface area contributed by atoms with Crippen molar-refractivity contribution in [2.75, 3.05) is 7.11 Å². The maximum atomic E-state index is 5.88. The van der Waals surface area contributed by atoms with Crippen molar-refractivity contribution in [3.8, 4) is 22.9 Å². The quantitative estimate of drug-likeness (QED) is 0.321. The summed E-state index contributed by atoms with van der Waals surface area (Å²) in [4.78, 5) is 15.2. The average Bonchev–Trinajstić information content (AvgIpc) is 3.45. The SMILES string of the molecule is COc1ccc(OCc2ccc(-c3nc4c5sc6nc(C)cc(C)c6c5ncn4n3)cc2)cc1. The molecule has 168 valence electrons. The molecule has 0 saturated heterocycles. The monoisotopic (exact) mass is 467 g/mol. The Morgan fingerprint density at radius 1 is 0.941 bits per heavy atom. The number of pyridine rings is 1. The van der Waals surface area contributed by atoms with Crippen molar-refractivity contribution < 1.29 is 9.47 Å². The molecule has 4 heterocycles. The molecule has 6 rings (SSSR count). The summed E-state index contributed by atoms with van der Waals surface area (Å²) in [5.74, 6) is 2.27. The molecule has 4 aromatic heterocycles. The zero-order chi connectivity index (χ0) is 23.2. The van der Waals surface area contributed by atoms with Gasteiger partial charge in [-0.2, -0.15) is 0 Å². The molecule has 7 nitrogen and oxygen atoms in total. The van der Waals surface area contributed by atoms with Crippen molar-refractivity contribution in [1.82, 2.24) is 24.6 Å². The highest BCUT2D eigenvalue weighted by molar-refractivity contribution is 7.26. The summed E-state index contributed by atoms with van der Waals surface area (Å²) in [6, 6.07) is 17.8. The van der Waals surface area contributed by atoms with E-state index in [2.05, 4.69) is 23.1 Å². The Hall–Kier alpha value is -4.04. The normalized spacial score (nSPS) is 11.5. The van der Waals surface area contributed by atoms with Crippen molar-refractivity contribution in [3.63, 3.8) is 0 Å². The Morgan fingerprint density at radius 3 is 2.47 bits per heavy atom.